The number of aromatic nitrogens is 3. The van der Waals surface area contributed by atoms with E-state index >= 15 is 0 Å². The van der Waals surface area contributed by atoms with Gasteiger partial charge in [0.25, 0.3) is 5.91 Å². The Hall–Kier alpha value is -4.71. The van der Waals surface area contributed by atoms with Gasteiger partial charge in [0.2, 0.25) is 15.3 Å². The molecule has 0 unspecified atom stereocenters. The highest BCUT2D eigenvalue weighted by Gasteiger charge is 2.35. The van der Waals surface area contributed by atoms with Gasteiger partial charge < -0.3 is 15.0 Å². The molecule has 1 N–H and O–H groups in total. The topological polar surface area (TPSA) is 114 Å². The van der Waals surface area contributed by atoms with E-state index in [1.165, 1.54) is 6.42 Å². The standard InChI is InChI=1S/C32H27F2N5O4S/c1-18-7-9-39(18)23-11-19-3-2-4-24(30(19)36-17-23)26-6-5-20-15-35-22(14-27(20)38-26)16-37-32(40)21-12-25(33)31-28(13-21)44(41,42)29(34)8-10-43-31/h2-6,11-15,17-18,29H,7-10,16H2,1H3,(H,37,40)/t18-,29-/m1/s1. The minimum atomic E-state index is -4.51. The van der Waals surface area contributed by atoms with Crippen LogP contribution in [0.2, 0.25) is 0 Å². The number of nitrogens with zero attached hydrogens (tertiary/aromatic N) is 4. The van der Waals surface area contributed by atoms with Gasteiger partial charge in [-0.05, 0) is 49.7 Å². The van der Waals surface area contributed by atoms with Crippen LogP contribution in [0.3, 0.4) is 0 Å². The Morgan fingerprint density at radius 1 is 1.07 bits per heavy atom. The van der Waals surface area contributed by atoms with Crippen molar-refractivity contribution < 1.29 is 26.7 Å². The van der Waals surface area contributed by atoms with Crippen LogP contribution in [-0.2, 0) is 16.4 Å². The van der Waals surface area contributed by atoms with E-state index in [-0.39, 0.29) is 18.7 Å². The van der Waals surface area contributed by atoms with Crippen molar-refractivity contribution in [2.45, 2.75) is 42.8 Å². The van der Waals surface area contributed by atoms with E-state index in [0.29, 0.717) is 17.3 Å². The SMILES string of the molecule is C[C@@H]1CCN1c1cnc2c(-c3ccc4cnc(CNC(=O)c5cc(F)c6c(c5)S(=O)(=O)[C@@H](F)CCO6)cc4n3)cccc2c1. The third-order valence-corrected chi connectivity index (χ3v) is 10.0. The lowest BCUT2D eigenvalue weighted by Gasteiger charge is -2.40. The van der Waals surface area contributed by atoms with E-state index in [1.54, 1.807) is 12.3 Å². The summed E-state index contributed by atoms with van der Waals surface area (Å²) in [5, 5.41) is 4.45. The van der Waals surface area contributed by atoms with Gasteiger partial charge in [-0.1, -0.05) is 18.2 Å². The lowest BCUT2D eigenvalue weighted by molar-refractivity contribution is 0.0949. The van der Waals surface area contributed by atoms with Crippen molar-refractivity contribution in [2.24, 2.45) is 0 Å². The number of anilines is 1. The van der Waals surface area contributed by atoms with Gasteiger partial charge in [0.05, 0.1) is 47.5 Å². The normalized spacial score (nSPS) is 19.1. The van der Waals surface area contributed by atoms with Gasteiger partial charge in [-0.2, -0.15) is 0 Å². The fourth-order valence-electron chi connectivity index (χ4n) is 5.59. The number of hydrogen-bond donors (Lipinski definition) is 1. The molecule has 0 radical (unpaired) electrons. The van der Waals surface area contributed by atoms with E-state index in [0.717, 1.165) is 51.9 Å². The smallest absolute Gasteiger partial charge is 0.251 e. The zero-order valence-corrected chi connectivity index (χ0v) is 24.4. The fraction of sp³-hybridized carbons (Fsp3) is 0.250. The summed E-state index contributed by atoms with van der Waals surface area (Å²) < 4.78 is 59.2. The maximum atomic E-state index is 14.7. The van der Waals surface area contributed by atoms with Gasteiger partial charge in [0, 0.05) is 47.1 Å². The first-order chi connectivity index (χ1) is 21.2. The van der Waals surface area contributed by atoms with Crippen molar-refractivity contribution in [2.75, 3.05) is 18.1 Å². The molecule has 0 bridgehead atoms. The molecular formula is C32H27F2N5O4S. The van der Waals surface area contributed by atoms with E-state index < -0.39 is 44.1 Å². The number of carbonyl (C=O) groups is 1. The van der Waals surface area contributed by atoms with Gasteiger partial charge in [0.15, 0.2) is 11.6 Å². The molecule has 44 heavy (non-hydrogen) atoms. The zero-order valence-electron chi connectivity index (χ0n) is 23.6. The molecule has 3 aromatic heterocycles. The highest BCUT2D eigenvalue weighted by molar-refractivity contribution is 7.92. The quantitative estimate of drug-likeness (QED) is 0.281. The number of hydrogen-bond acceptors (Lipinski definition) is 8. The number of ether oxygens (including phenoxy) is 1. The second-order valence-corrected chi connectivity index (χ2v) is 13.1. The van der Waals surface area contributed by atoms with Crippen LogP contribution in [0.1, 0.15) is 35.8 Å². The minimum absolute atomic E-state index is 0.0398. The molecule has 5 heterocycles. The van der Waals surface area contributed by atoms with Crippen LogP contribution in [-0.4, -0.2) is 54.0 Å². The first-order valence-corrected chi connectivity index (χ1v) is 15.8. The van der Waals surface area contributed by atoms with Crippen LogP contribution >= 0.6 is 0 Å². The number of benzene rings is 2. The van der Waals surface area contributed by atoms with Crippen LogP contribution < -0.4 is 15.0 Å². The molecule has 1 amide bonds. The Morgan fingerprint density at radius 2 is 1.93 bits per heavy atom. The van der Waals surface area contributed by atoms with Gasteiger partial charge >= 0.3 is 0 Å². The second kappa shape index (κ2) is 10.8. The molecule has 2 aliphatic rings. The Morgan fingerprint density at radius 3 is 2.73 bits per heavy atom. The maximum Gasteiger partial charge on any atom is 0.251 e. The van der Waals surface area contributed by atoms with Crippen molar-refractivity contribution in [3.8, 4) is 17.0 Å². The summed E-state index contributed by atoms with van der Waals surface area (Å²) in [5.74, 6) is -2.38. The molecule has 2 aliphatic heterocycles. The van der Waals surface area contributed by atoms with Gasteiger partial charge in [-0.3, -0.25) is 14.8 Å². The molecule has 9 nitrogen and oxygen atoms in total. The highest BCUT2D eigenvalue weighted by Crippen LogP contribution is 2.36. The third-order valence-electron chi connectivity index (χ3n) is 8.19. The molecule has 0 saturated carbocycles. The Bertz CT molecular complexity index is 2070. The predicted octanol–water partition coefficient (Wildman–Crippen LogP) is 5.36. The van der Waals surface area contributed by atoms with Crippen molar-refractivity contribution in [3.63, 3.8) is 0 Å². The molecule has 12 heteroatoms. The van der Waals surface area contributed by atoms with E-state index in [2.05, 4.69) is 28.2 Å². The summed E-state index contributed by atoms with van der Waals surface area (Å²) in [6, 6.07) is 16.0. The molecule has 2 aromatic carbocycles. The van der Waals surface area contributed by atoms with Crippen LogP contribution in [0, 0.1) is 5.82 Å². The largest absolute Gasteiger partial charge is 0.489 e. The monoisotopic (exact) mass is 615 g/mol. The molecule has 7 rings (SSSR count). The Labute approximate surface area is 251 Å². The third kappa shape index (κ3) is 4.88. The lowest BCUT2D eigenvalue weighted by atomic mass is 10.0. The molecule has 1 fully saturated rings. The average molecular weight is 616 g/mol. The molecule has 1 saturated heterocycles. The first-order valence-electron chi connectivity index (χ1n) is 14.2. The van der Waals surface area contributed by atoms with Gasteiger partial charge in [0.1, 0.15) is 4.90 Å². The van der Waals surface area contributed by atoms with Crippen molar-refractivity contribution in [1.29, 1.82) is 0 Å². The van der Waals surface area contributed by atoms with E-state index in [1.807, 2.05) is 36.5 Å². The summed E-state index contributed by atoms with van der Waals surface area (Å²) in [7, 11) is -4.51. The average Bonchev–Trinajstić information content (AvgIpc) is 3.13. The maximum absolute atomic E-state index is 14.7. The number of carbonyl (C=O) groups excluding carboxylic acids is 1. The fourth-order valence-corrected chi connectivity index (χ4v) is 6.98. The first kappa shape index (κ1) is 28.1. The zero-order chi connectivity index (χ0) is 30.6. The molecule has 5 aromatic rings. The summed E-state index contributed by atoms with van der Waals surface area (Å²) >= 11 is 0. The predicted molar refractivity (Wildman–Crippen MR) is 161 cm³/mol. The number of pyridine rings is 3. The minimum Gasteiger partial charge on any atom is -0.489 e. The van der Waals surface area contributed by atoms with Crippen LogP contribution in [0.4, 0.5) is 14.5 Å². The molecule has 0 spiro atoms. The molecule has 2 atom stereocenters. The van der Waals surface area contributed by atoms with Crippen molar-refractivity contribution in [1.82, 2.24) is 20.3 Å². The number of rotatable bonds is 5. The summed E-state index contributed by atoms with van der Waals surface area (Å²) in [5.41, 5.74) is 2.17. The van der Waals surface area contributed by atoms with Crippen LogP contribution in [0.25, 0.3) is 33.1 Å². The highest BCUT2D eigenvalue weighted by atomic mass is 32.2. The molecule has 224 valence electrons. The van der Waals surface area contributed by atoms with Crippen molar-refractivity contribution in [3.05, 3.63) is 84.1 Å². The molecular weight excluding hydrogens is 588 g/mol. The summed E-state index contributed by atoms with van der Waals surface area (Å²) in [6.45, 7) is 2.89. The Kier molecular flexibility index (Phi) is 6.88. The molecule has 0 aliphatic carbocycles. The lowest BCUT2D eigenvalue weighted by Crippen LogP contribution is -2.45. The number of sulfone groups is 1. The van der Waals surface area contributed by atoms with Gasteiger partial charge in [-0.25, -0.2) is 22.2 Å². The van der Waals surface area contributed by atoms with Crippen molar-refractivity contribution >= 4 is 43.2 Å². The van der Waals surface area contributed by atoms with Gasteiger partial charge in [-0.15, -0.1) is 0 Å². The number of para-hydroxylation sites is 1. The summed E-state index contributed by atoms with van der Waals surface area (Å²) in [6.07, 6.45) is 4.29. The van der Waals surface area contributed by atoms with Crippen LogP contribution in [0.15, 0.2) is 71.9 Å². The van der Waals surface area contributed by atoms with E-state index in [4.69, 9.17) is 14.7 Å². The van der Waals surface area contributed by atoms with Crippen LogP contribution in [0.5, 0.6) is 5.75 Å². The van der Waals surface area contributed by atoms with E-state index in [9.17, 15) is 22.0 Å². The second-order valence-electron chi connectivity index (χ2n) is 11.0. The number of alkyl halides is 1. The number of nitrogens with one attached hydrogen (secondary N) is 1. The Balaban J connectivity index is 1.14. The summed E-state index contributed by atoms with van der Waals surface area (Å²) in [4.78, 5) is 28.6. The number of amides is 1. The number of fused-ring (bicyclic) bond motifs is 3. The number of halogens is 2.